The molecule has 0 aliphatic heterocycles. The Labute approximate surface area is 194 Å². The Morgan fingerprint density at radius 1 is 0.758 bits per heavy atom. The van der Waals surface area contributed by atoms with Gasteiger partial charge in [0.15, 0.2) is 0 Å². The van der Waals surface area contributed by atoms with E-state index in [1.807, 2.05) is 105 Å². The molecule has 1 heterocycles. The lowest BCUT2D eigenvalue weighted by molar-refractivity contribution is 0.242. The van der Waals surface area contributed by atoms with Crippen molar-refractivity contribution in [2.75, 3.05) is 5.73 Å². The molecule has 168 valence electrons. The molecule has 1 aromatic heterocycles. The highest BCUT2D eigenvalue weighted by molar-refractivity contribution is 5.73. The first-order valence-corrected chi connectivity index (χ1v) is 11.0. The maximum Gasteiger partial charge on any atom is 0.225 e. The fourth-order valence-electron chi connectivity index (χ4n) is 3.41. The van der Waals surface area contributed by atoms with Crippen molar-refractivity contribution >= 4 is 5.69 Å². The summed E-state index contributed by atoms with van der Waals surface area (Å²) in [5, 5.41) is 0. The zero-order chi connectivity index (χ0) is 23.0. The molecule has 5 heteroatoms. The monoisotopic (exact) mass is 440 g/mol. The minimum Gasteiger partial charge on any atom is -0.491 e. The van der Waals surface area contributed by atoms with Gasteiger partial charge < -0.3 is 19.9 Å². The third-order valence-electron chi connectivity index (χ3n) is 4.89. The van der Waals surface area contributed by atoms with Crippen LogP contribution in [0.2, 0.25) is 0 Å². The van der Waals surface area contributed by atoms with Gasteiger partial charge in [-0.3, -0.25) is 0 Å². The summed E-state index contributed by atoms with van der Waals surface area (Å²) in [6.07, 6.45) is 0.0420. The third kappa shape index (κ3) is 6.26. The number of nitrogens with zero attached hydrogens (tertiary/aromatic N) is 1. The van der Waals surface area contributed by atoms with E-state index in [2.05, 4.69) is 4.98 Å². The lowest BCUT2D eigenvalue weighted by Crippen LogP contribution is -2.06. The quantitative estimate of drug-likeness (QED) is 0.310. The van der Waals surface area contributed by atoms with Gasteiger partial charge in [0, 0.05) is 23.4 Å². The second-order valence-electron chi connectivity index (χ2n) is 8.01. The van der Waals surface area contributed by atoms with Crippen molar-refractivity contribution in [2.24, 2.45) is 0 Å². The lowest BCUT2D eigenvalue weighted by Gasteiger charge is -2.15. The van der Waals surface area contributed by atoms with Crippen LogP contribution in [-0.4, -0.2) is 11.1 Å². The first kappa shape index (κ1) is 22.2. The van der Waals surface area contributed by atoms with Crippen molar-refractivity contribution in [3.63, 3.8) is 0 Å². The van der Waals surface area contributed by atoms with Crippen LogP contribution in [0.1, 0.15) is 25.0 Å². The number of nitrogen functional groups attached to an aromatic ring is 1. The van der Waals surface area contributed by atoms with E-state index in [1.165, 1.54) is 0 Å². The number of anilines is 1. The predicted molar refractivity (Wildman–Crippen MR) is 131 cm³/mol. The van der Waals surface area contributed by atoms with Crippen LogP contribution in [0.3, 0.4) is 0 Å². The summed E-state index contributed by atoms with van der Waals surface area (Å²) in [6.45, 7) is 4.78. The smallest absolute Gasteiger partial charge is 0.225 e. The lowest BCUT2D eigenvalue weighted by atomic mass is 10.1. The Morgan fingerprint density at radius 3 is 2.03 bits per heavy atom. The van der Waals surface area contributed by atoms with Gasteiger partial charge in [0.1, 0.15) is 19.0 Å². The first-order chi connectivity index (χ1) is 16.1. The highest BCUT2D eigenvalue weighted by Crippen LogP contribution is 2.35. The Bertz CT molecular complexity index is 1180. The third-order valence-corrected chi connectivity index (χ3v) is 4.89. The van der Waals surface area contributed by atoms with Crippen LogP contribution in [0.15, 0.2) is 91.0 Å². The number of ether oxygens (including phenoxy) is 3. The molecule has 0 unspecified atom stereocenters. The van der Waals surface area contributed by atoms with Crippen molar-refractivity contribution < 1.29 is 14.2 Å². The van der Waals surface area contributed by atoms with E-state index in [0.717, 1.165) is 22.3 Å². The molecule has 33 heavy (non-hydrogen) atoms. The van der Waals surface area contributed by atoms with Gasteiger partial charge in [-0.25, -0.2) is 0 Å². The Kier molecular flexibility index (Phi) is 7.10. The van der Waals surface area contributed by atoms with E-state index in [1.54, 1.807) is 0 Å². The second kappa shape index (κ2) is 10.6. The molecule has 2 N–H and O–H groups in total. The molecule has 4 aromatic rings. The fraction of sp³-hybridized carbons (Fsp3) is 0.179. The van der Waals surface area contributed by atoms with E-state index in [-0.39, 0.29) is 6.10 Å². The number of rotatable bonds is 9. The van der Waals surface area contributed by atoms with Crippen LogP contribution >= 0.6 is 0 Å². The Hall–Kier alpha value is -3.99. The predicted octanol–water partition coefficient (Wildman–Crippen LogP) is 6.28. The molecule has 3 aromatic carbocycles. The molecule has 5 nitrogen and oxygen atoms in total. The molecule has 0 spiro atoms. The van der Waals surface area contributed by atoms with E-state index < -0.39 is 0 Å². The van der Waals surface area contributed by atoms with Crippen LogP contribution in [0, 0.1) is 0 Å². The van der Waals surface area contributed by atoms with Crippen molar-refractivity contribution in [1.29, 1.82) is 0 Å². The molecule has 0 bridgehead atoms. The number of pyridine rings is 1. The van der Waals surface area contributed by atoms with Crippen LogP contribution in [-0.2, 0) is 13.2 Å². The van der Waals surface area contributed by atoms with Gasteiger partial charge >= 0.3 is 0 Å². The molecular formula is C28H28N2O3. The average molecular weight is 441 g/mol. The largest absolute Gasteiger partial charge is 0.491 e. The van der Waals surface area contributed by atoms with Gasteiger partial charge in [-0.15, -0.1) is 0 Å². The van der Waals surface area contributed by atoms with Crippen molar-refractivity contribution in [1.82, 2.24) is 4.98 Å². The average Bonchev–Trinajstić information content (AvgIpc) is 2.82. The Morgan fingerprint density at radius 2 is 1.39 bits per heavy atom. The highest BCUT2D eigenvalue weighted by atomic mass is 16.5. The summed E-state index contributed by atoms with van der Waals surface area (Å²) in [7, 11) is 0. The van der Waals surface area contributed by atoms with Gasteiger partial charge in [0.05, 0.1) is 6.10 Å². The molecule has 0 aliphatic rings. The van der Waals surface area contributed by atoms with Crippen LogP contribution in [0.4, 0.5) is 5.69 Å². The van der Waals surface area contributed by atoms with Crippen LogP contribution < -0.4 is 19.9 Å². The Balaban J connectivity index is 1.64. The molecule has 0 amide bonds. The van der Waals surface area contributed by atoms with Gasteiger partial charge in [-0.05, 0) is 48.7 Å². The molecule has 4 rings (SSSR count). The molecular weight excluding hydrogens is 412 g/mol. The minimum absolute atomic E-state index is 0.0420. The summed E-state index contributed by atoms with van der Waals surface area (Å²) in [5.41, 5.74) is 10.6. The van der Waals surface area contributed by atoms with E-state index in [9.17, 15) is 0 Å². The van der Waals surface area contributed by atoms with Gasteiger partial charge in [0.25, 0.3) is 0 Å². The van der Waals surface area contributed by atoms with Crippen LogP contribution in [0.25, 0.3) is 11.1 Å². The molecule has 0 saturated carbocycles. The van der Waals surface area contributed by atoms with Gasteiger partial charge in [-0.1, -0.05) is 60.7 Å². The second-order valence-corrected chi connectivity index (χ2v) is 8.01. The zero-order valence-corrected chi connectivity index (χ0v) is 18.9. The molecule has 0 fully saturated rings. The highest BCUT2D eigenvalue weighted by Gasteiger charge is 2.14. The topological polar surface area (TPSA) is 66.6 Å². The maximum absolute atomic E-state index is 6.16. The molecule has 0 saturated heterocycles. The van der Waals surface area contributed by atoms with Crippen molar-refractivity contribution in [2.45, 2.75) is 33.2 Å². The first-order valence-electron chi connectivity index (χ1n) is 11.0. The molecule has 0 atom stereocenters. The molecule has 0 aliphatic carbocycles. The molecule has 0 radical (unpaired) electrons. The number of aromatic nitrogens is 1. The number of hydrogen-bond acceptors (Lipinski definition) is 5. The normalized spacial score (nSPS) is 10.8. The summed E-state index contributed by atoms with van der Waals surface area (Å²) < 4.78 is 18.0. The number of benzene rings is 3. The zero-order valence-electron chi connectivity index (χ0n) is 18.9. The van der Waals surface area contributed by atoms with E-state index in [0.29, 0.717) is 36.4 Å². The van der Waals surface area contributed by atoms with Gasteiger partial charge in [-0.2, -0.15) is 4.98 Å². The van der Waals surface area contributed by atoms with Crippen molar-refractivity contribution in [3.05, 3.63) is 102 Å². The van der Waals surface area contributed by atoms with E-state index >= 15 is 0 Å². The summed E-state index contributed by atoms with van der Waals surface area (Å²) >= 11 is 0. The van der Waals surface area contributed by atoms with E-state index in [4.69, 9.17) is 19.9 Å². The van der Waals surface area contributed by atoms with Crippen LogP contribution in [0.5, 0.6) is 17.5 Å². The number of nitrogens with two attached hydrogens (primary N) is 1. The summed E-state index contributed by atoms with van der Waals surface area (Å²) in [5.74, 6) is 1.68. The fourth-order valence-corrected chi connectivity index (χ4v) is 3.41. The standard InChI is InChI=1S/C28H28N2O3/c1-20(2)33-25-16-23(15-24(29)17-25)26-13-14-27(31-18-21-9-5-3-6-10-21)30-28(26)32-19-22-11-7-4-8-12-22/h3-17,20H,18-19,29H2,1-2H3. The van der Waals surface area contributed by atoms with Crippen molar-refractivity contribution in [3.8, 4) is 28.6 Å². The summed E-state index contributed by atoms with van der Waals surface area (Å²) in [6, 6.07) is 29.4. The SMILES string of the molecule is CC(C)Oc1cc(N)cc(-c2ccc(OCc3ccccc3)nc2OCc2ccccc2)c1. The van der Waals surface area contributed by atoms with Gasteiger partial charge in [0.2, 0.25) is 11.8 Å². The number of hydrogen-bond donors (Lipinski definition) is 1. The summed E-state index contributed by atoms with van der Waals surface area (Å²) in [4.78, 5) is 4.67. The maximum atomic E-state index is 6.16. The minimum atomic E-state index is 0.0420.